The minimum absolute atomic E-state index is 0.135. The summed E-state index contributed by atoms with van der Waals surface area (Å²) in [4.78, 5) is 16.5. The number of aliphatic hydroxyl groups excluding tert-OH is 1. The molecule has 19 heavy (non-hydrogen) atoms. The van der Waals surface area contributed by atoms with Crippen molar-refractivity contribution in [1.82, 2.24) is 9.80 Å². The molecule has 0 amide bonds. The Hall–Kier alpha value is -1.43. The summed E-state index contributed by atoms with van der Waals surface area (Å²) in [6.45, 7) is 4.95. The molecule has 1 aliphatic heterocycles. The van der Waals surface area contributed by atoms with Gasteiger partial charge in [0.2, 0.25) is 0 Å². The highest BCUT2D eigenvalue weighted by Crippen LogP contribution is 2.08. The molecule has 3 N–H and O–H groups in total. The molecule has 0 aromatic heterocycles. The number of β-amino-alcohol motifs (C(OH)–C–C–N with tert-alkyl or cyclic N) is 1. The van der Waals surface area contributed by atoms with Crippen molar-refractivity contribution in [2.24, 2.45) is 0 Å². The molecule has 0 aliphatic carbocycles. The van der Waals surface area contributed by atoms with Gasteiger partial charge in [-0.25, -0.2) is 0 Å². The number of ketones is 1. The first-order chi connectivity index (χ1) is 9.19. The highest BCUT2D eigenvalue weighted by atomic mass is 16.3. The van der Waals surface area contributed by atoms with Gasteiger partial charge in [0.25, 0.3) is 0 Å². The molecule has 0 spiro atoms. The van der Waals surface area contributed by atoms with Crippen molar-refractivity contribution in [3.63, 3.8) is 0 Å². The van der Waals surface area contributed by atoms with Crippen LogP contribution in [0.15, 0.2) is 24.3 Å². The van der Waals surface area contributed by atoms with E-state index in [2.05, 4.69) is 9.80 Å². The molecule has 0 atom stereocenters. The minimum Gasteiger partial charge on any atom is -0.399 e. The summed E-state index contributed by atoms with van der Waals surface area (Å²) < 4.78 is 0. The molecule has 1 aliphatic rings. The number of hydrogen-bond acceptors (Lipinski definition) is 5. The second-order valence-corrected chi connectivity index (χ2v) is 4.89. The number of benzene rings is 1. The van der Waals surface area contributed by atoms with Gasteiger partial charge in [-0.3, -0.25) is 14.6 Å². The molecular formula is C14H21N3O2. The molecule has 1 aromatic carbocycles. The van der Waals surface area contributed by atoms with Gasteiger partial charge < -0.3 is 10.8 Å². The fraction of sp³-hybridized carbons (Fsp3) is 0.500. The number of nitrogens with two attached hydrogens (primary N) is 1. The van der Waals surface area contributed by atoms with E-state index in [1.54, 1.807) is 24.3 Å². The highest BCUT2D eigenvalue weighted by molar-refractivity contribution is 5.97. The summed E-state index contributed by atoms with van der Waals surface area (Å²) in [5.74, 6) is 0.135. The third kappa shape index (κ3) is 4.02. The largest absolute Gasteiger partial charge is 0.399 e. The van der Waals surface area contributed by atoms with Crippen LogP contribution < -0.4 is 5.73 Å². The van der Waals surface area contributed by atoms with Crippen molar-refractivity contribution in [2.45, 2.75) is 0 Å². The molecule has 5 nitrogen and oxygen atoms in total. The second kappa shape index (κ2) is 6.65. The maximum absolute atomic E-state index is 12.1. The van der Waals surface area contributed by atoms with Crippen LogP contribution >= 0.6 is 0 Å². The molecule has 1 saturated heterocycles. The minimum atomic E-state index is 0.135. The summed E-state index contributed by atoms with van der Waals surface area (Å²) in [7, 11) is 0. The molecule has 104 valence electrons. The lowest BCUT2D eigenvalue weighted by atomic mass is 10.1. The van der Waals surface area contributed by atoms with Crippen LogP contribution in [-0.4, -0.2) is 66.6 Å². The first kappa shape index (κ1) is 14.0. The Kier molecular flexibility index (Phi) is 4.90. The Morgan fingerprint density at radius 1 is 1.11 bits per heavy atom. The number of hydrogen-bond donors (Lipinski definition) is 2. The standard InChI is InChI=1S/C14H21N3O2/c15-13-3-1-12(2-4-13)14(19)11-17-7-5-16(6-8-17)9-10-18/h1-4,18H,5-11,15H2. The van der Waals surface area contributed by atoms with Crippen molar-refractivity contribution in [3.05, 3.63) is 29.8 Å². The third-order valence-electron chi connectivity index (χ3n) is 3.48. The van der Waals surface area contributed by atoms with Crippen molar-refractivity contribution in [1.29, 1.82) is 0 Å². The first-order valence-electron chi connectivity index (χ1n) is 6.63. The van der Waals surface area contributed by atoms with Crippen molar-refractivity contribution in [3.8, 4) is 0 Å². The van der Waals surface area contributed by atoms with E-state index in [-0.39, 0.29) is 12.4 Å². The fourth-order valence-corrected chi connectivity index (χ4v) is 2.28. The van der Waals surface area contributed by atoms with Crippen molar-refractivity contribution >= 4 is 11.5 Å². The zero-order chi connectivity index (χ0) is 13.7. The number of nitrogens with zero attached hydrogens (tertiary/aromatic N) is 2. The molecule has 0 unspecified atom stereocenters. The number of nitrogen functional groups attached to an aromatic ring is 1. The van der Waals surface area contributed by atoms with Gasteiger partial charge in [0.1, 0.15) is 0 Å². The van der Waals surface area contributed by atoms with Crippen LogP contribution in [0.1, 0.15) is 10.4 Å². The Morgan fingerprint density at radius 3 is 2.26 bits per heavy atom. The predicted molar refractivity (Wildman–Crippen MR) is 75.2 cm³/mol. The Balaban J connectivity index is 1.82. The maximum atomic E-state index is 12.1. The monoisotopic (exact) mass is 263 g/mol. The van der Waals surface area contributed by atoms with E-state index in [9.17, 15) is 4.79 Å². The molecule has 1 aromatic rings. The van der Waals surface area contributed by atoms with E-state index < -0.39 is 0 Å². The van der Waals surface area contributed by atoms with Gasteiger partial charge in [-0.2, -0.15) is 0 Å². The molecule has 1 fully saturated rings. The molecular weight excluding hydrogens is 242 g/mol. The third-order valence-corrected chi connectivity index (χ3v) is 3.48. The van der Waals surface area contributed by atoms with Crippen molar-refractivity contribution in [2.75, 3.05) is 51.6 Å². The number of anilines is 1. The summed E-state index contributed by atoms with van der Waals surface area (Å²) in [6.07, 6.45) is 0. The van der Waals surface area contributed by atoms with Crippen LogP contribution in [-0.2, 0) is 0 Å². The molecule has 0 bridgehead atoms. The molecule has 0 saturated carbocycles. The van der Waals surface area contributed by atoms with Crippen LogP contribution in [0.25, 0.3) is 0 Å². The average molecular weight is 263 g/mol. The van der Waals surface area contributed by atoms with Gasteiger partial charge >= 0.3 is 0 Å². The summed E-state index contributed by atoms with van der Waals surface area (Å²) in [5.41, 5.74) is 7.00. The molecule has 5 heteroatoms. The van der Waals surface area contributed by atoms with E-state index in [0.717, 1.165) is 32.7 Å². The first-order valence-corrected chi connectivity index (χ1v) is 6.63. The topological polar surface area (TPSA) is 69.8 Å². The lowest BCUT2D eigenvalue weighted by molar-refractivity contribution is 0.0823. The van der Waals surface area contributed by atoms with Crippen LogP contribution in [0.4, 0.5) is 5.69 Å². The van der Waals surface area contributed by atoms with Gasteiger partial charge in [-0.15, -0.1) is 0 Å². The van der Waals surface area contributed by atoms with E-state index in [0.29, 0.717) is 17.8 Å². The molecule has 2 rings (SSSR count). The van der Waals surface area contributed by atoms with Gasteiger partial charge in [-0.1, -0.05) is 0 Å². The van der Waals surface area contributed by atoms with E-state index in [1.807, 2.05) is 0 Å². The van der Waals surface area contributed by atoms with Crippen LogP contribution in [0, 0.1) is 0 Å². The number of carbonyl (C=O) groups is 1. The van der Waals surface area contributed by atoms with E-state index >= 15 is 0 Å². The Morgan fingerprint density at radius 2 is 1.68 bits per heavy atom. The average Bonchev–Trinajstić information content (AvgIpc) is 2.42. The maximum Gasteiger partial charge on any atom is 0.176 e. The van der Waals surface area contributed by atoms with Crippen LogP contribution in [0.5, 0.6) is 0 Å². The van der Waals surface area contributed by atoms with Gasteiger partial charge in [0.05, 0.1) is 13.2 Å². The number of aliphatic hydroxyl groups is 1. The van der Waals surface area contributed by atoms with E-state index in [1.165, 1.54) is 0 Å². The number of Topliss-reactive ketones (excluding diaryl/α,β-unsaturated/α-hetero) is 1. The lowest BCUT2D eigenvalue weighted by Gasteiger charge is -2.33. The second-order valence-electron chi connectivity index (χ2n) is 4.89. The Labute approximate surface area is 113 Å². The molecule has 1 heterocycles. The predicted octanol–water partition coefficient (Wildman–Crippen LogP) is 0.0614. The normalized spacial score (nSPS) is 17.5. The van der Waals surface area contributed by atoms with Crippen molar-refractivity contribution < 1.29 is 9.90 Å². The van der Waals surface area contributed by atoms with Crippen LogP contribution in [0.2, 0.25) is 0 Å². The summed E-state index contributed by atoms with van der Waals surface area (Å²) in [6, 6.07) is 7.07. The molecule has 0 radical (unpaired) electrons. The summed E-state index contributed by atoms with van der Waals surface area (Å²) >= 11 is 0. The zero-order valence-electron chi connectivity index (χ0n) is 11.1. The SMILES string of the molecule is Nc1ccc(C(=O)CN2CCN(CCO)CC2)cc1. The van der Waals surface area contributed by atoms with E-state index in [4.69, 9.17) is 10.8 Å². The number of carbonyl (C=O) groups excluding carboxylic acids is 1. The lowest BCUT2D eigenvalue weighted by Crippen LogP contribution is -2.48. The smallest absolute Gasteiger partial charge is 0.176 e. The van der Waals surface area contributed by atoms with Gasteiger partial charge in [-0.05, 0) is 24.3 Å². The quantitative estimate of drug-likeness (QED) is 0.581. The summed E-state index contributed by atoms with van der Waals surface area (Å²) in [5, 5.41) is 8.88. The Bertz CT molecular complexity index is 411. The highest BCUT2D eigenvalue weighted by Gasteiger charge is 2.18. The van der Waals surface area contributed by atoms with Crippen LogP contribution in [0.3, 0.4) is 0 Å². The van der Waals surface area contributed by atoms with Gasteiger partial charge in [0.15, 0.2) is 5.78 Å². The number of piperazine rings is 1. The van der Waals surface area contributed by atoms with Gasteiger partial charge in [0, 0.05) is 44.0 Å². The fourth-order valence-electron chi connectivity index (χ4n) is 2.28. The zero-order valence-corrected chi connectivity index (χ0v) is 11.1. The number of rotatable bonds is 5.